The fraction of sp³-hybridized carbons (Fsp3) is 0.750. The van der Waals surface area contributed by atoms with Crippen molar-refractivity contribution in [3.8, 4) is 0 Å². The van der Waals surface area contributed by atoms with Gasteiger partial charge in [-0.3, -0.25) is 0 Å². The van der Waals surface area contributed by atoms with Gasteiger partial charge in [-0.2, -0.15) is 0 Å². The quantitative estimate of drug-likeness (QED) is 0.798. The van der Waals surface area contributed by atoms with Crippen molar-refractivity contribution in [2.24, 2.45) is 0 Å². The Kier molecular flexibility index (Phi) is 6.23. The standard InChI is InChI=1S/C16H28N4O/c1-4-8-20(9-5-2)16-11-15(18-13(3)19-16)17-12-14-7-6-10-21-14/h11,14H,4-10,12H2,1-3H3,(H,17,18,19). The van der Waals surface area contributed by atoms with Crippen LogP contribution in [0.15, 0.2) is 6.07 Å². The maximum absolute atomic E-state index is 5.64. The second-order valence-corrected chi connectivity index (χ2v) is 5.66. The first-order chi connectivity index (χ1) is 10.2. The third-order valence-electron chi connectivity index (χ3n) is 3.67. The summed E-state index contributed by atoms with van der Waals surface area (Å²) >= 11 is 0. The molecule has 2 heterocycles. The van der Waals surface area contributed by atoms with Crippen molar-refractivity contribution in [2.75, 3.05) is 36.5 Å². The predicted molar refractivity (Wildman–Crippen MR) is 87.0 cm³/mol. The molecule has 2 rings (SSSR count). The molecule has 1 atom stereocenters. The molecule has 0 aliphatic carbocycles. The molecule has 0 spiro atoms. The van der Waals surface area contributed by atoms with E-state index in [1.165, 1.54) is 6.42 Å². The zero-order valence-corrected chi connectivity index (χ0v) is 13.6. The number of nitrogens with one attached hydrogen (secondary N) is 1. The van der Waals surface area contributed by atoms with Crippen LogP contribution in [0, 0.1) is 6.92 Å². The van der Waals surface area contributed by atoms with Crippen LogP contribution >= 0.6 is 0 Å². The zero-order chi connectivity index (χ0) is 15.1. The van der Waals surface area contributed by atoms with Crippen LogP contribution in [0.4, 0.5) is 11.6 Å². The minimum Gasteiger partial charge on any atom is -0.376 e. The summed E-state index contributed by atoms with van der Waals surface area (Å²) in [6.07, 6.45) is 4.89. The van der Waals surface area contributed by atoms with E-state index in [-0.39, 0.29) is 0 Å². The number of ether oxygens (including phenoxy) is 1. The van der Waals surface area contributed by atoms with Gasteiger partial charge in [-0.05, 0) is 32.6 Å². The largest absolute Gasteiger partial charge is 0.376 e. The van der Waals surface area contributed by atoms with E-state index in [0.29, 0.717) is 6.10 Å². The second kappa shape index (κ2) is 8.17. The lowest BCUT2D eigenvalue weighted by atomic mass is 10.2. The predicted octanol–water partition coefficient (Wildman–Crippen LogP) is 3.00. The average molecular weight is 292 g/mol. The first-order valence-corrected chi connectivity index (χ1v) is 8.19. The van der Waals surface area contributed by atoms with Gasteiger partial charge in [-0.15, -0.1) is 0 Å². The average Bonchev–Trinajstić information content (AvgIpc) is 2.98. The molecule has 1 fully saturated rings. The van der Waals surface area contributed by atoms with E-state index >= 15 is 0 Å². The van der Waals surface area contributed by atoms with E-state index in [1.54, 1.807) is 0 Å². The van der Waals surface area contributed by atoms with Gasteiger partial charge in [0, 0.05) is 32.3 Å². The van der Waals surface area contributed by atoms with Gasteiger partial charge in [-0.1, -0.05) is 13.8 Å². The van der Waals surface area contributed by atoms with Gasteiger partial charge in [0.15, 0.2) is 0 Å². The van der Waals surface area contributed by atoms with E-state index in [0.717, 1.165) is 63.0 Å². The molecule has 1 aliphatic rings. The third-order valence-corrected chi connectivity index (χ3v) is 3.67. The van der Waals surface area contributed by atoms with Crippen LogP contribution in [0.5, 0.6) is 0 Å². The number of nitrogens with zero attached hydrogens (tertiary/aromatic N) is 3. The Morgan fingerprint density at radius 1 is 1.29 bits per heavy atom. The highest BCUT2D eigenvalue weighted by Gasteiger charge is 2.16. The van der Waals surface area contributed by atoms with Crippen LogP contribution < -0.4 is 10.2 Å². The third kappa shape index (κ3) is 4.84. The number of rotatable bonds is 8. The highest BCUT2D eigenvalue weighted by Crippen LogP contribution is 2.18. The summed E-state index contributed by atoms with van der Waals surface area (Å²) in [5, 5.41) is 3.40. The van der Waals surface area contributed by atoms with E-state index in [9.17, 15) is 0 Å². The normalized spacial score (nSPS) is 18.0. The van der Waals surface area contributed by atoms with Gasteiger partial charge in [0.25, 0.3) is 0 Å². The zero-order valence-electron chi connectivity index (χ0n) is 13.6. The van der Waals surface area contributed by atoms with Crippen LogP contribution in [0.25, 0.3) is 0 Å². The molecule has 0 aromatic carbocycles. The van der Waals surface area contributed by atoms with Crippen molar-refractivity contribution in [3.63, 3.8) is 0 Å². The molecule has 21 heavy (non-hydrogen) atoms. The molecular formula is C16H28N4O. The first kappa shape index (κ1) is 16.0. The minimum absolute atomic E-state index is 0.325. The van der Waals surface area contributed by atoms with Crippen LogP contribution in [0.3, 0.4) is 0 Å². The van der Waals surface area contributed by atoms with E-state index < -0.39 is 0 Å². The number of aryl methyl sites for hydroxylation is 1. The molecule has 0 amide bonds. The van der Waals surface area contributed by atoms with Gasteiger partial charge in [0.05, 0.1) is 6.10 Å². The van der Waals surface area contributed by atoms with E-state index in [1.807, 2.05) is 6.92 Å². The number of hydrogen-bond acceptors (Lipinski definition) is 5. The Bertz CT molecular complexity index is 426. The van der Waals surface area contributed by atoms with Crippen molar-refractivity contribution < 1.29 is 4.74 Å². The maximum atomic E-state index is 5.64. The topological polar surface area (TPSA) is 50.3 Å². The lowest BCUT2D eigenvalue weighted by Gasteiger charge is -2.23. The molecule has 1 aliphatic heterocycles. The molecule has 1 aromatic rings. The SMILES string of the molecule is CCCN(CCC)c1cc(NCC2CCCO2)nc(C)n1. The molecule has 5 nitrogen and oxygen atoms in total. The summed E-state index contributed by atoms with van der Waals surface area (Å²) in [4.78, 5) is 11.4. The summed E-state index contributed by atoms with van der Waals surface area (Å²) in [6.45, 7) is 10.2. The van der Waals surface area contributed by atoms with Gasteiger partial charge in [0.1, 0.15) is 17.5 Å². The summed E-state index contributed by atoms with van der Waals surface area (Å²) in [6, 6.07) is 2.06. The molecule has 1 saturated heterocycles. The first-order valence-electron chi connectivity index (χ1n) is 8.19. The van der Waals surface area contributed by atoms with Crippen molar-refractivity contribution in [2.45, 2.75) is 52.6 Å². The van der Waals surface area contributed by atoms with E-state index in [4.69, 9.17) is 4.74 Å². The van der Waals surface area contributed by atoms with Crippen LogP contribution in [-0.4, -0.2) is 42.3 Å². The monoisotopic (exact) mass is 292 g/mol. The lowest BCUT2D eigenvalue weighted by molar-refractivity contribution is 0.120. The molecule has 5 heteroatoms. The Morgan fingerprint density at radius 3 is 2.67 bits per heavy atom. The van der Waals surface area contributed by atoms with Gasteiger partial charge in [-0.25, -0.2) is 9.97 Å². The molecule has 1 unspecified atom stereocenters. The molecule has 1 N–H and O–H groups in total. The summed E-state index contributed by atoms with van der Waals surface area (Å²) in [5.41, 5.74) is 0. The molecule has 0 bridgehead atoms. The fourth-order valence-corrected chi connectivity index (χ4v) is 2.71. The van der Waals surface area contributed by atoms with Crippen LogP contribution in [-0.2, 0) is 4.74 Å². The summed E-state index contributed by atoms with van der Waals surface area (Å²) in [5.74, 6) is 2.76. The summed E-state index contributed by atoms with van der Waals surface area (Å²) < 4.78 is 5.64. The van der Waals surface area contributed by atoms with Crippen molar-refractivity contribution in [1.82, 2.24) is 9.97 Å². The van der Waals surface area contributed by atoms with Gasteiger partial charge < -0.3 is 15.0 Å². The van der Waals surface area contributed by atoms with Crippen LogP contribution in [0.1, 0.15) is 45.4 Å². The maximum Gasteiger partial charge on any atom is 0.134 e. The lowest BCUT2D eigenvalue weighted by Crippen LogP contribution is -2.26. The van der Waals surface area contributed by atoms with Crippen molar-refractivity contribution in [1.29, 1.82) is 0 Å². The van der Waals surface area contributed by atoms with Gasteiger partial charge in [0.2, 0.25) is 0 Å². The second-order valence-electron chi connectivity index (χ2n) is 5.66. The van der Waals surface area contributed by atoms with Crippen molar-refractivity contribution >= 4 is 11.6 Å². The molecule has 0 radical (unpaired) electrons. The Labute approximate surface area is 128 Å². The van der Waals surface area contributed by atoms with Gasteiger partial charge >= 0.3 is 0 Å². The highest BCUT2D eigenvalue weighted by molar-refractivity contribution is 5.49. The Hall–Kier alpha value is -1.36. The molecule has 1 aromatic heterocycles. The van der Waals surface area contributed by atoms with Crippen LogP contribution in [0.2, 0.25) is 0 Å². The fourth-order valence-electron chi connectivity index (χ4n) is 2.71. The summed E-state index contributed by atoms with van der Waals surface area (Å²) in [7, 11) is 0. The number of aromatic nitrogens is 2. The minimum atomic E-state index is 0.325. The molecular weight excluding hydrogens is 264 g/mol. The number of anilines is 2. The highest BCUT2D eigenvalue weighted by atomic mass is 16.5. The Balaban J connectivity index is 2.03. The number of hydrogen-bond donors (Lipinski definition) is 1. The van der Waals surface area contributed by atoms with Crippen molar-refractivity contribution in [3.05, 3.63) is 11.9 Å². The molecule has 0 saturated carbocycles. The smallest absolute Gasteiger partial charge is 0.134 e. The van der Waals surface area contributed by atoms with E-state index in [2.05, 4.69) is 40.1 Å². The Morgan fingerprint density at radius 2 is 2.05 bits per heavy atom. The molecule has 118 valence electrons.